The first-order valence-corrected chi connectivity index (χ1v) is 11.9. The van der Waals surface area contributed by atoms with Crippen molar-refractivity contribution in [1.29, 1.82) is 0 Å². The van der Waals surface area contributed by atoms with E-state index < -0.39 is 23.5 Å². The number of nitrogens with zero attached hydrogens (tertiary/aromatic N) is 2. The van der Waals surface area contributed by atoms with Gasteiger partial charge in [-0.15, -0.1) is 0 Å². The third kappa shape index (κ3) is 5.18. The summed E-state index contributed by atoms with van der Waals surface area (Å²) in [5.41, 5.74) is 0.784. The maximum Gasteiger partial charge on any atom is 0.290 e. The quantitative estimate of drug-likeness (QED) is 0.532. The highest BCUT2D eigenvalue weighted by molar-refractivity contribution is 6.15. The predicted molar refractivity (Wildman–Crippen MR) is 126 cm³/mol. The first kappa shape index (κ1) is 24.0. The van der Waals surface area contributed by atoms with E-state index >= 15 is 0 Å². The summed E-state index contributed by atoms with van der Waals surface area (Å²) < 4.78 is 16.6. The van der Waals surface area contributed by atoms with Crippen molar-refractivity contribution < 1.29 is 28.6 Å². The fraction of sp³-hybridized carbons (Fsp3) is 0.462. The number of carbonyl (C=O) groups is 2. The van der Waals surface area contributed by atoms with E-state index in [4.69, 9.17) is 13.9 Å². The summed E-state index contributed by atoms with van der Waals surface area (Å²) in [6, 6.07) is 9.91. The van der Waals surface area contributed by atoms with Gasteiger partial charge in [-0.2, -0.15) is 0 Å². The molecular weight excluding hydrogens is 436 g/mol. The van der Waals surface area contributed by atoms with Crippen LogP contribution in [0.2, 0.25) is 0 Å². The molecule has 1 atom stereocenters. The van der Waals surface area contributed by atoms with Crippen LogP contribution in [0.1, 0.15) is 47.7 Å². The van der Waals surface area contributed by atoms with Crippen LogP contribution in [0.5, 0.6) is 5.75 Å². The van der Waals surface area contributed by atoms with Crippen molar-refractivity contribution in [3.63, 3.8) is 0 Å². The average Bonchev–Trinajstić information content (AvgIpc) is 3.40. The number of amides is 1. The summed E-state index contributed by atoms with van der Waals surface area (Å²) in [6.45, 7) is 8.76. The van der Waals surface area contributed by atoms with Crippen LogP contribution >= 0.6 is 0 Å². The maximum absolute atomic E-state index is 13.3. The highest BCUT2D eigenvalue weighted by Gasteiger charge is 2.44. The Morgan fingerprint density at radius 2 is 1.85 bits per heavy atom. The van der Waals surface area contributed by atoms with Gasteiger partial charge < -0.3 is 23.9 Å². The number of morpholine rings is 1. The fourth-order valence-electron chi connectivity index (χ4n) is 4.41. The average molecular weight is 469 g/mol. The molecule has 1 amide bonds. The van der Waals surface area contributed by atoms with Gasteiger partial charge in [0.2, 0.25) is 5.78 Å². The summed E-state index contributed by atoms with van der Waals surface area (Å²) in [5.74, 6) is -0.117. The van der Waals surface area contributed by atoms with Crippen molar-refractivity contribution in [3.8, 4) is 5.75 Å². The van der Waals surface area contributed by atoms with Crippen LogP contribution in [0.25, 0.3) is 0 Å². The van der Waals surface area contributed by atoms with Crippen LogP contribution in [0, 0.1) is 6.92 Å². The molecule has 1 N–H and O–H groups in total. The van der Waals surface area contributed by atoms with E-state index in [0.29, 0.717) is 38.5 Å². The van der Waals surface area contributed by atoms with Crippen LogP contribution in [0.15, 0.2) is 52.1 Å². The molecule has 1 aromatic heterocycles. The SMILES string of the molecule is CCCOc1ccc([C@H]2C(C(=O)c3ccc(C)o3)=C(O)C(=O)N2CCCN2CCOCC2)cc1. The molecule has 0 unspecified atom stereocenters. The molecule has 1 saturated heterocycles. The second-order valence-electron chi connectivity index (χ2n) is 8.63. The number of carbonyl (C=O) groups excluding carboxylic acids is 2. The minimum absolute atomic E-state index is 0.0490. The monoisotopic (exact) mass is 468 g/mol. The molecule has 2 aliphatic heterocycles. The van der Waals surface area contributed by atoms with Crippen molar-refractivity contribution in [1.82, 2.24) is 9.80 Å². The molecule has 2 aromatic rings. The number of ketones is 1. The Bertz CT molecular complexity index is 1040. The number of aliphatic hydroxyl groups is 1. The zero-order valence-electron chi connectivity index (χ0n) is 19.8. The molecule has 1 fully saturated rings. The standard InChI is InChI=1S/C26H32N2O6/c1-3-15-33-20-8-6-19(7-9-20)23-22(24(29)21-10-5-18(2)34-21)25(30)26(31)28(23)12-4-11-27-13-16-32-17-14-27/h5-10,23,30H,3-4,11-17H2,1-2H3/t23-/m0/s1. The zero-order valence-corrected chi connectivity index (χ0v) is 19.8. The Balaban J connectivity index is 1.59. The van der Waals surface area contributed by atoms with Crippen molar-refractivity contribution >= 4 is 11.7 Å². The molecule has 0 bridgehead atoms. The van der Waals surface area contributed by atoms with E-state index in [9.17, 15) is 14.7 Å². The number of hydrogen-bond donors (Lipinski definition) is 1. The molecule has 182 valence electrons. The number of furan rings is 1. The topological polar surface area (TPSA) is 92.5 Å². The zero-order chi connectivity index (χ0) is 24.1. The number of rotatable bonds is 10. The molecule has 0 saturated carbocycles. The molecule has 2 aliphatic rings. The number of aliphatic hydroxyl groups excluding tert-OH is 1. The van der Waals surface area contributed by atoms with Gasteiger partial charge in [0.15, 0.2) is 11.5 Å². The number of ether oxygens (including phenoxy) is 2. The van der Waals surface area contributed by atoms with E-state index in [2.05, 4.69) is 4.90 Å². The van der Waals surface area contributed by atoms with Crippen molar-refractivity contribution in [2.75, 3.05) is 46.0 Å². The smallest absolute Gasteiger partial charge is 0.290 e. The third-order valence-corrected chi connectivity index (χ3v) is 6.16. The minimum Gasteiger partial charge on any atom is -0.503 e. The van der Waals surface area contributed by atoms with E-state index in [0.717, 1.165) is 37.4 Å². The van der Waals surface area contributed by atoms with E-state index in [1.54, 1.807) is 24.0 Å². The molecule has 0 radical (unpaired) electrons. The van der Waals surface area contributed by atoms with Gasteiger partial charge in [-0.25, -0.2) is 0 Å². The minimum atomic E-state index is -0.699. The summed E-state index contributed by atoms with van der Waals surface area (Å²) in [5, 5.41) is 10.8. The Labute approximate surface area is 199 Å². The van der Waals surface area contributed by atoms with Gasteiger partial charge in [-0.1, -0.05) is 19.1 Å². The van der Waals surface area contributed by atoms with E-state index in [1.165, 1.54) is 0 Å². The molecule has 34 heavy (non-hydrogen) atoms. The molecule has 1 aromatic carbocycles. The molecule has 4 rings (SSSR count). The van der Waals surface area contributed by atoms with Crippen LogP contribution in [-0.2, 0) is 9.53 Å². The lowest BCUT2D eigenvalue weighted by Crippen LogP contribution is -2.39. The van der Waals surface area contributed by atoms with Gasteiger partial charge in [0.25, 0.3) is 5.91 Å². The first-order valence-electron chi connectivity index (χ1n) is 11.9. The van der Waals surface area contributed by atoms with Crippen LogP contribution in [0.3, 0.4) is 0 Å². The lowest BCUT2D eigenvalue weighted by atomic mass is 9.95. The van der Waals surface area contributed by atoms with Gasteiger partial charge in [0.05, 0.1) is 31.4 Å². The Morgan fingerprint density at radius 3 is 2.50 bits per heavy atom. The van der Waals surface area contributed by atoms with Crippen LogP contribution < -0.4 is 4.74 Å². The number of aryl methyl sites for hydroxylation is 1. The number of Topliss-reactive ketones (excluding diaryl/α,β-unsaturated/α-hetero) is 1. The van der Waals surface area contributed by atoms with Gasteiger partial charge in [-0.05, 0) is 49.6 Å². The van der Waals surface area contributed by atoms with Gasteiger partial charge >= 0.3 is 0 Å². The highest BCUT2D eigenvalue weighted by atomic mass is 16.5. The largest absolute Gasteiger partial charge is 0.503 e. The lowest BCUT2D eigenvalue weighted by molar-refractivity contribution is -0.129. The van der Waals surface area contributed by atoms with Crippen LogP contribution in [0.4, 0.5) is 0 Å². The molecule has 8 heteroatoms. The Morgan fingerprint density at radius 1 is 1.12 bits per heavy atom. The van der Waals surface area contributed by atoms with E-state index in [1.807, 2.05) is 31.2 Å². The van der Waals surface area contributed by atoms with Crippen molar-refractivity contribution in [2.45, 2.75) is 32.7 Å². The number of hydrogen-bond acceptors (Lipinski definition) is 7. The first-order chi connectivity index (χ1) is 16.5. The number of benzene rings is 1. The lowest BCUT2D eigenvalue weighted by Gasteiger charge is -2.30. The maximum atomic E-state index is 13.3. The Hall–Kier alpha value is -3.10. The van der Waals surface area contributed by atoms with Gasteiger partial charge in [0.1, 0.15) is 11.5 Å². The molecule has 3 heterocycles. The summed E-state index contributed by atoms with van der Waals surface area (Å²) >= 11 is 0. The van der Waals surface area contributed by atoms with E-state index in [-0.39, 0.29) is 11.3 Å². The molecule has 8 nitrogen and oxygen atoms in total. The second-order valence-corrected chi connectivity index (χ2v) is 8.63. The predicted octanol–water partition coefficient (Wildman–Crippen LogP) is 3.68. The molecular formula is C26H32N2O6. The highest BCUT2D eigenvalue weighted by Crippen LogP contribution is 2.39. The van der Waals surface area contributed by atoms with Crippen molar-refractivity contribution in [2.24, 2.45) is 0 Å². The third-order valence-electron chi connectivity index (χ3n) is 6.16. The summed E-state index contributed by atoms with van der Waals surface area (Å²) in [7, 11) is 0. The van der Waals surface area contributed by atoms with Crippen LogP contribution in [-0.4, -0.2) is 72.6 Å². The fourth-order valence-corrected chi connectivity index (χ4v) is 4.41. The van der Waals surface area contributed by atoms with Gasteiger partial charge in [0, 0.05) is 26.2 Å². The van der Waals surface area contributed by atoms with Gasteiger partial charge in [-0.3, -0.25) is 14.5 Å². The summed E-state index contributed by atoms with van der Waals surface area (Å²) in [4.78, 5) is 30.3. The van der Waals surface area contributed by atoms with Crippen molar-refractivity contribution in [3.05, 3.63) is 64.8 Å². The Kier molecular flexibility index (Phi) is 7.70. The molecule has 0 spiro atoms. The summed E-state index contributed by atoms with van der Waals surface area (Å²) in [6.07, 6.45) is 1.61. The second kappa shape index (κ2) is 10.9. The molecule has 0 aliphatic carbocycles. The normalized spacial score (nSPS) is 19.2.